The van der Waals surface area contributed by atoms with Gasteiger partial charge in [-0.1, -0.05) is 42.5 Å². The number of fused-ring (bicyclic) bond motifs is 1. The Morgan fingerprint density at radius 2 is 1.73 bits per heavy atom. The van der Waals surface area contributed by atoms with Crippen LogP contribution in [0.2, 0.25) is 0 Å². The molecule has 5 nitrogen and oxygen atoms in total. The van der Waals surface area contributed by atoms with Crippen molar-refractivity contribution in [1.29, 1.82) is 0 Å². The summed E-state index contributed by atoms with van der Waals surface area (Å²) in [5, 5.41) is 2.94. The Hall–Kier alpha value is -4.38. The smallest absolute Gasteiger partial charge is 0.248 e. The average Bonchev–Trinajstić information content (AvgIpc) is 3.47. The number of carbonyl (C=O) groups is 1. The van der Waals surface area contributed by atoms with E-state index in [2.05, 4.69) is 10.3 Å². The van der Waals surface area contributed by atoms with Gasteiger partial charge in [0.1, 0.15) is 17.0 Å². The molecule has 33 heavy (non-hydrogen) atoms. The van der Waals surface area contributed by atoms with Gasteiger partial charge in [0.25, 0.3) is 0 Å². The van der Waals surface area contributed by atoms with Crippen LogP contribution in [0, 0.1) is 13.8 Å². The van der Waals surface area contributed by atoms with Gasteiger partial charge < -0.3 is 14.2 Å². The second-order valence-corrected chi connectivity index (χ2v) is 7.91. The van der Waals surface area contributed by atoms with Crippen LogP contribution in [-0.2, 0) is 4.79 Å². The molecule has 3 aromatic carbocycles. The first-order valence-electron chi connectivity index (χ1n) is 10.7. The number of hydrogen-bond donors (Lipinski definition) is 1. The van der Waals surface area contributed by atoms with Gasteiger partial charge in [-0.2, -0.15) is 0 Å². The van der Waals surface area contributed by atoms with Gasteiger partial charge in [-0.25, -0.2) is 4.98 Å². The van der Waals surface area contributed by atoms with E-state index in [-0.39, 0.29) is 5.91 Å². The van der Waals surface area contributed by atoms with E-state index in [0.29, 0.717) is 17.3 Å². The molecule has 5 aromatic rings. The number of nitrogens with one attached hydrogen (secondary N) is 1. The molecule has 0 saturated heterocycles. The lowest BCUT2D eigenvalue weighted by atomic mass is 10.1. The molecule has 2 heterocycles. The fourth-order valence-corrected chi connectivity index (χ4v) is 3.58. The monoisotopic (exact) mass is 434 g/mol. The summed E-state index contributed by atoms with van der Waals surface area (Å²) in [6.07, 6.45) is 3.12. The predicted octanol–water partition coefficient (Wildman–Crippen LogP) is 7.02. The minimum absolute atomic E-state index is 0.249. The second-order valence-electron chi connectivity index (χ2n) is 7.91. The van der Waals surface area contributed by atoms with Gasteiger partial charge in [-0.3, -0.25) is 4.79 Å². The summed E-state index contributed by atoms with van der Waals surface area (Å²) < 4.78 is 11.7. The van der Waals surface area contributed by atoms with Crippen LogP contribution in [0.5, 0.6) is 0 Å². The lowest BCUT2D eigenvalue weighted by Crippen LogP contribution is -2.09. The molecule has 0 fully saturated rings. The maximum Gasteiger partial charge on any atom is 0.248 e. The fourth-order valence-electron chi connectivity index (χ4n) is 3.58. The number of nitrogens with zero attached hydrogens (tertiary/aromatic N) is 1. The minimum atomic E-state index is -0.249. The number of furan rings is 1. The Bertz CT molecular complexity index is 1480. The third kappa shape index (κ3) is 4.48. The number of oxazole rings is 1. The van der Waals surface area contributed by atoms with E-state index < -0.39 is 0 Å². The third-order valence-electron chi connectivity index (χ3n) is 5.37. The first-order chi connectivity index (χ1) is 16.0. The summed E-state index contributed by atoms with van der Waals surface area (Å²) in [6.45, 7) is 3.96. The van der Waals surface area contributed by atoms with Crippen molar-refractivity contribution in [3.63, 3.8) is 0 Å². The van der Waals surface area contributed by atoms with E-state index in [4.69, 9.17) is 8.83 Å². The molecule has 0 atom stereocenters. The van der Waals surface area contributed by atoms with E-state index in [0.717, 1.165) is 39.1 Å². The van der Waals surface area contributed by atoms with Crippen molar-refractivity contribution in [3.05, 3.63) is 102 Å². The van der Waals surface area contributed by atoms with Crippen LogP contribution in [0.3, 0.4) is 0 Å². The van der Waals surface area contributed by atoms with Crippen molar-refractivity contribution in [2.24, 2.45) is 0 Å². The second kappa shape index (κ2) is 8.63. The van der Waals surface area contributed by atoms with Crippen molar-refractivity contribution >= 4 is 28.8 Å². The number of carbonyl (C=O) groups excluding carboxylic acids is 1. The molecule has 1 amide bonds. The summed E-state index contributed by atoms with van der Waals surface area (Å²) in [5.74, 6) is 1.63. The highest BCUT2D eigenvalue weighted by atomic mass is 16.3. The topological polar surface area (TPSA) is 68.3 Å². The quantitative estimate of drug-likeness (QED) is 0.302. The molecular weight excluding hydrogens is 412 g/mol. The van der Waals surface area contributed by atoms with Crippen molar-refractivity contribution < 1.29 is 13.6 Å². The number of aromatic nitrogens is 1. The van der Waals surface area contributed by atoms with Crippen LogP contribution in [-0.4, -0.2) is 10.9 Å². The minimum Gasteiger partial charge on any atom is -0.457 e. The number of rotatable bonds is 5. The van der Waals surface area contributed by atoms with Gasteiger partial charge in [0.05, 0.1) is 0 Å². The highest BCUT2D eigenvalue weighted by Crippen LogP contribution is 2.28. The number of hydrogen-bond acceptors (Lipinski definition) is 4. The predicted molar refractivity (Wildman–Crippen MR) is 131 cm³/mol. The normalized spacial score (nSPS) is 11.3. The van der Waals surface area contributed by atoms with Crippen LogP contribution >= 0.6 is 0 Å². The maximum atomic E-state index is 12.6. The van der Waals surface area contributed by atoms with Gasteiger partial charge in [-0.15, -0.1) is 0 Å². The van der Waals surface area contributed by atoms with E-state index in [1.807, 2.05) is 92.7 Å². The molecule has 2 aromatic heterocycles. The molecule has 0 aliphatic heterocycles. The van der Waals surface area contributed by atoms with Gasteiger partial charge in [0, 0.05) is 22.9 Å². The Morgan fingerprint density at radius 1 is 0.879 bits per heavy atom. The van der Waals surface area contributed by atoms with Crippen molar-refractivity contribution in [2.75, 3.05) is 5.32 Å². The fraction of sp³-hybridized carbons (Fsp3) is 0.0714. The molecule has 0 radical (unpaired) electrons. The van der Waals surface area contributed by atoms with Crippen molar-refractivity contribution in [2.45, 2.75) is 13.8 Å². The first kappa shape index (κ1) is 20.5. The average molecular weight is 434 g/mol. The zero-order valence-electron chi connectivity index (χ0n) is 18.3. The van der Waals surface area contributed by atoms with Gasteiger partial charge in [-0.05, 0) is 67.4 Å². The maximum absolute atomic E-state index is 12.6. The molecule has 0 unspecified atom stereocenters. The third-order valence-corrected chi connectivity index (χ3v) is 5.37. The number of benzene rings is 3. The van der Waals surface area contributed by atoms with E-state index >= 15 is 0 Å². The highest BCUT2D eigenvalue weighted by molar-refractivity contribution is 6.02. The summed E-state index contributed by atoms with van der Waals surface area (Å²) >= 11 is 0. The molecule has 1 N–H and O–H groups in total. The number of aryl methyl sites for hydroxylation is 2. The summed E-state index contributed by atoms with van der Waals surface area (Å²) in [4.78, 5) is 17.1. The molecule has 0 spiro atoms. The zero-order valence-corrected chi connectivity index (χ0v) is 18.3. The van der Waals surface area contributed by atoms with E-state index in [1.54, 1.807) is 6.08 Å². The van der Waals surface area contributed by atoms with Gasteiger partial charge in [0.15, 0.2) is 5.58 Å². The lowest BCUT2D eigenvalue weighted by molar-refractivity contribution is -0.111. The number of amides is 1. The van der Waals surface area contributed by atoms with Crippen molar-refractivity contribution in [3.8, 4) is 22.8 Å². The molecule has 0 aliphatic rings. The van der Waals surface area contributed by atoms with Crippen LogP contribution in [0.15, 0.2) is 93.8 Å². The first-order valence-corrected chi connectivity index (χ1v) is 10.7. The largest absolute Gasteiger partial charge is 0.457 e. The molecule has 0 saturated carbocycles. The molecule has 5 heteroatoms. The summed E-state index contributed by atoms with van der Waals surface area (Å²) in [6, 6.07) is 25.2. The lowest BCUT2D eigenvalue weighted by Gasteiger charge is -2.07. The SMILES string of the molecule is Cc1ccc2nc(-c3ccc(C)c(NC(=O)C=Cc4ccc(-c5ccccc5)o4)c3)oc2c1. The van der Waals surface area contributed by atoms with Crippen molar-refractivity contribution in [1.82, 2.24) is 4.98 Å². The van der Waals surface area contributed by atoms with E-state index in [1.165, 1.54) is 6.08 Å². The summed E-state index contributed by atoms with van der Waals surface area (Å²) in [7, 11) is 0. The zero-order chi connectivity index (χ0) is 22.8. The summed E-state index contributed by atoms with van der Waals surface area (Å²) in [5.41, 5.74) is 6.09. The molecule has 0 bridgehead atoms. The Kier molecular flexibility index (Phi) is 5.37. The van der Waals surface area contributed by atoms with Crippen LogP contribution in [0.25, 0.3) is 40.0 Å². The molecule has 0 aliphatic carbocycles. The Balaban J connectivity index is 1.32. The van der Waals surface area contributed by atoms with Gasteiger partial charge >= 0.3 is 0 Å². The van der Waals surface area contributed by atoms with Crippen LogP contribution in [0.1, 0.15) is 16.9 Å². The Morgan fingerprint density at radius 3 is 2.58 bits per heavy atom. The van der Waals surface area contributed by atoms with Crippen LogP contribution < -0.4 is 5.32 Å². The highest BCUT2D eigenvalue weighted by Gasteiger charge is 2.11. The molecule has 162 valence electrons. The van der Waals surface area contributed by atoms with Gasteiger partial charge in [0.2, 0.25) is 11.8 Å². The Labute approximate surface area is 191 Å². The molecular formula is C28H22N2O3. The number of anilines is 1. The molecule has 5 rings (SSSR count). The van der Waals surface area contributed by atoms with E-state index in [9.17, 15) is 4.79 Å². The standard InChI is InChI=1S/C28H22N2O3/c1-18-8-13-23-26(16-18)33-28(30-23)21-10-9-19(2)24(17-21)29-27(31)15-12-22-11-14-25(32-22)20-6-4-3-5-7-20/h3-17H,1-2H3,(H,29,31). The van der Waals surface area contributed by atoms with Crippen LogP contribution in [0.4, 0.5) is 5.69 Å².